The molecule has 0 radical (unpaired) electrons. The van der Waals surface area contributed by atoms with Gasteiger partial charge >= 0.3 is 5.97 Å². The highest BCUT2D eigenvalue weighted by atomic mass is 16.5. The molecule has 3 aromatic rings. The first-order valence-corrected chi connectivity index (χ1v) is 15.1. The number of primary amides is 1. The van der Waals surface area contributed by atoms with Crippen LogP contribution in [0.4, 0.5) is 5.82 Å². The molecule has 5 rings (SSSR count). The van der Waals surface area contributed by atoms with E-state index in [1.165, 1.54) is 6.42 Å². The molecule has 42 heavy (non-hydrogen) atoms. The van der Waals surface area contributed by atoms with Crippen molar-refractivity contribution in [3.63, 3.8) is 0 Å². The van der Waals surface area contributed by atoms with Crippen LogP contribution < -0.4 is 11.5 Å². The van der Waals surface area contributed by atoms with Crippen molar-refractivity contribution in [2.45, 2.75) is 76.6 Å². The lowest BCUT2D eigenvalue weighted by molar-refractivity contribution is -0.150. The summed E-state index contributed by atoms with van der Waals surface area (Å²) in [5.41, 5.74) is 13.6. The summed E-state index contributed by atoms with van der Waals surface area (Å²) in [7, 11) is 0. The second-order valence-corrected chi connectivity index (χ2v) is 11.7. The topological polar surface area (TPSA) is 132 Å². The van der Waals surface area contributed by atoms with Gasteiger partial charge in [-0.05, 0) is 53.8 Å². The van der Waals surface area contributed by atoms with Crippen LogP contribution in [0.5, 0.6) is 0 Å². The first-order chi connectivity index (χ1) is 20.4. The minimum absolute atomic E-state index is 0.0540. The zero-order chi connectivity index (χ0) is 29.5. The average molecular weight is 572 g/mol. The number of ether oxygens (including phenoxy) is 1. The van der Waals surface area contributed by atoms with E-state index in [0.29, 0.717) is 37.7 Å². The van der Waals surface area contributed by atoms with Crippen LogP contribution in [0.3, 0.4) is 0 Å². The van der Waals surface area contributed by atoms with Crippen molar-refractivity contribution in [3.8, 4) is 0 Å². The van der Waals surface area contributed by atoms with Gasteiger partial charge in [0.25, 0.3) is 0 Å². The van der Waals surface area contributed by atoms with E-state index in [-0.39, 0.29) is 19.1 Å². The van der Waals surface area contributed by atoms with Gasteiger partial charge in [-0.25, -0.2) is 4.98 Å². The van der Waals surface area contributed by atoms with Gasteiger partial charge in [-0.15, -0.1) is 0 Å². The maximum absolute atomic E-state index is 14.3. The molecule has 1 aromatic heterocycles. The van der Waals surface area contributed by atoms with Crippen molar-refractivity contribution in [1.82, 2.24) is 14.8 Å². The van der Waals surface area contributed by atoms with E-state index in [1.54, 1.807) is 11.1 Å². The van der Waals surface area contributed by atoms with E-state index in [0.717, 1.165) is 54.0 Å². The van der Waals surface area contributed by atoms with E-state index < -0.39 is 24.0 Å². The lowest BCUT2D eigenvalue weighted by Gasteiger charge is -2.37. The molecule has 4 N–H and O–H groups in total. The molecule has 1 saturated heterocycles. The number of nitrogens with two attached hydrogens (primary N) is 2. The van der Waals surface area contributed by atoms with Crippen LogP contribution in [-0.2, 0) is 32.3 Å². The summed E-state index contributed by atoms with van der Waals surface area (Å²) in [4.78, 5) is 47.6. The number of rotatable bonds is 11. The summed E-state index contributed by atoms with van der Waals surface area (Å²) in [5.74, 6) is -0.189. The number of nitrogen functional groups attached to an aromatic ring is 1. The monoisotopic (exact) mass is 571 g/mol. The van der Waals surface area contributed by atoms with E-state index in [9.17, 15) is 14.4 Å². The molecule has 1 aliphatic carbocycles. The summed E-state index contributed by atoms with van der Waals surface area (Å²) in [6.45, 7) is 0.952. The van der Waals surface area contributed by atoms with Crippen molar-refractivity contribution < 1.29 is 19.1 Å². The van der Waals surface area contributed by atoms with Gasteiger partial charge in [-0.3, -0.25) is 19.3 Å². The van der Waals surface area contributed by atoms with E-state index >= 15 is 0 Å². The number of fused-ring (bicyclic) bond motifs is 1. The highest BCUT2D eigenvalue weighted by Gasteiger charge is 2.40. The number of anilines is 1. The minimum atomic E-state index is -0.616. The molecular weight excluding hydrogens is 530 g/mol. The highest BCUT2D eigenvalue weighted by Crippen LogP contribution is 2.31. The minimum Gasteiger partial charge on any atom is -0.460 e. The zero-order valence-corrected chi connectivity index (χ0v) is 24.1. The molecule has 9 nitrogen and oxygen atoms in total. The molecule has 222 valence electrons. The Hall–Kier alpha value is -3.98. The second kappa shape index (κ2) is 13.8. The fourth-order valence-corrected chi connectivity index (χ4v) is 6.47. The number of carbonyl (C=O) groups excluding carboxylic acids is 3. The summed E-state index contributed by atoms with van der Waals surface area (Å²) in [6, 6.07) is 16.2. The van der Waals surface area contributed by atoms with Crippen molar-refractivity contribution in [3.05, 3.63) is 71.9 Å². The van der Waals surface area contributed by atoms with Crippen LogP contribution in [0.1, 0.15) is 62.5 Å². The van der Waals surface area contributed by atoms with Crippen molar-refractivity contribution in [2.24, 2.45) is 11.7 Å². The standard InChI is InChI=1S/C33H41N5O4/c34-31-27-14-13-25(18-26(27)15-16-36-31)20-37(21-30(39)42-22-24-10-5-2-6-11-24)29(19-23-8-3-1-4-9-23)33(41)38-17-7-12-28(38)32(35)40/h2,5-6,10-11,13-16,18,23,28-29H,1,3-4,7-9,12,17,19-22H2,(H2,34,36)(H2,35,40)/t28-,29+/m0/s1. The van der Waals surface area contributed by atoms with Gasteiger partial charge in [0.15, 0.2) is 0 Å². The number of benzene rings is 2. The molecule has 0 bridgehead atoms. The zero-order valence-electron chi connectivity index (χ0n) is 24.1. The third kappa shape index (κ3) is 7.26. The number of likely N-dealkylation sites (tertiary alicyclic amines) is 1. The van der Waals surface area contributed by atoms with Crippen LogP contribution in [0, 0.1) is 5.92 Å². The number of carbonyl (C=O) groups is 3. The molecule has 2 amide bonds. The Morgan fingerprint density at radius 2 is 1.76 bits per heavy atom. The number of hydrogen-bond donors (Lipinski definition) is 2. The smallest absolute Gasteiger partial charge is 0.320 e. The molecule has 9 heteroatoms. The number of esters is 1. The largest absolute Gasteiger partial charge is 0.460 e. The molecular formula is C33H41N5O4. The van der Waals surface area contributed by atoms with Crippen molar-refractivity contribution in [1.29, 1.82) is 0 Å². The van der Waals surface area contributed by atoms with Gasteiger partial charge in [0.2, 0.25) is 11.8 Å². The summed E-state index contributed by atoms with van der Waals surface area (Å²) < 4.78 is 5.68. The van der Waals surface area contributed by atoms with Crippen LogP contribution in [0.25, 0.3) is 10.8 Å². The Labute approximate surface area is 247 Å². The first kappa shape index (κ1) is 29.5. The molecule has 2 atom stereocenters. The predicted molar refractivity (Wildman–Crippen MR) is 162 cm³/mol. The van der Waals surface area contributed by atoms with Crippen LogP contribution in [-0.4, -0.2) is 57.7 Å². The molecule has 0 spiro atoms. The summed E-state index contributed by atoms with van der Waals surface area (Å²) in [6.07, 6.45) is 9.18. The fraction of sp³-hybridized carbons (Fsp3) is 0.455. The number of hydrogen-bond acceptors (Lipinski definition) is 7. The molecule has 2 aromatic carbocycles. The lowest BCUT2D eigenvalue weighted by Crippen LogP contribution is -2.54. The highest BCUT2D eigenvalue weighted by molar-refractivity contribution is 5.91. The van der Waals surface area contributed by atoms with Gasteiger partial charge in [-0.2, -0.15) is 0 Å². The number of pyridine rings is 1. The Bertz CT molecular complexity index is 1390. The van der Waals surface area contributed by atoms with Crippen LogP contribution in [0.15, 0.2) is 60.8 Å². The van der Waals surface area contributed by atoms with Gasteiger partial charge < -0.3 is 21.1 Å². The Morgan fingerprint density at radius 1 is 0.976 bits per heavy atom. The van der Waals surface area contributed by atoms with Crippen LogP contribution in [0.2, 0.25) is 0 Å². The van der Waals surface area contributed by atoms with E-state index in [4.69, 9.17) is 16.2 Å². The first-order valence-electron chi connectivity index (χ1n) is 15.1. The lowest BCUT2D eigenvalue weighted by atomic mass is 9.84. The van der Waals surface area contributed by atoms with Gasteiger partial charge in [-0.1, -0.05) is 74.6 Å². The van der Waals surface area contributed by atoms with Gasteiger partial charge in [0.05, 0.1) is 12.6 Å². The third-order valence-corrected chi connectivity index (χ3v) is 8.69. The number of amides is 2. The molecule has 2 fully saturated rings. The average Bonchev–Trinajstić information content (AvgIpc) is 3.50. The number of nitrogens with zero attached hydrogens (tertiary/aromatic N) is 3. The summed E-state index contributed by atoms with van der Waals surface area (Å²) >= 11 is 0. The Kier molecular flexibility index (Phi) is 9.69. The molecule has 1 saturated carbocycles. The molecule has 0 unspecified atom stereocenters. The fourth-order valence-electron chi connectivity index (χ4n) is 6.47. The third-order valence-electron chi connectivity index (χ3n) is 8.69. The second-order valence-electron chi connectivity index (χ2n) is 11.7. The van der Waals surface area contributed by atoms with E-state index in [2.05, 4.69) is 4.98 Å². The van der Waals surface area contributed by atoms with Crippen molar-refractivity contribution in [2.75, 3.05) is 18.8 Å². The maximum atomic E-state index is 14.3. The molecule has 2 aliphatic rings. The molecule has 2 heterocycles. The molecule has 1 aliphatic heterocycles. The summed E-state index contributed by atoms with van der Waals surface area (Å²) in [5, 5.41) is 1.79. The predicted octanol–water partition coefficient (Wildman–Crippen LogP) is 4.18. The maximum Gasteiger partial charge on any atom is 0.320 e. The van der Waals surface area contributed by atoms with Gasteiger partial charge in [0.1, 0.15) is 18.5 Å². The SMILES string of the molecule is NC(=O)[C@@H]1CCCN1C(=O)[C@@H](CC1CCCCC1)N(CC(=O)OCc1ccccc1)Cc1ccc2c(N)nccc2c1. The Balaban J connectivity index is 1.44. The quantitative estimate of drug-likeness (QED) is 0.330. The van der Waals surface area contributed by atoms with E-state index in [1.807, 2.05) is 59.5 Å². The van der Waals surface area contributed by atoms with Crippen LogP contribution >= 0.6 is 0 Å². The van der Waals surface area contributed by atoms with Gasteiger partial charge in [0, 0.05) is 24.7 Å². The Morgan fingerprint density at radius 3 is 2.52 bits per heavy atom. The number of aromatic nitrogens is 1. The van der Waals surface area contributed by atoms with Crippen molar-refractivity contribution >= 4 is 34.4 Å². The normalized spacial score (nSPS) is 18.3.